The molecule has 0 aliphatic carbocycles. The minimum atomic E-state index is -4.46. The van der Waals surface area contributed by atoms with Crippen molar-refractivity contribution in [2.45, 2.75) is 19.5 Å². The second-order valence-electron chi connectivity index (χ2n) is 5.75. The van der Waals surface area contributed by atoms with E-state index in [0.29, 0.717) is 19.5 Å². The van der Waals surface area contributed by atoms with Crippen LogP contribution in [0.4, 0.5) is 13.2 Å². The van der Waals surface area contributed by atoms with Crippen molar-refractivity contribution >= 4 is 11.9 Å². The SMILES string of the molecule is CC1CN(C(=O)c2ccc(OCC(F)(F)F)nc2)CCC1C(=O)O. The highest BCUT2D eigenvalue weighted by atomic mass is 19.4. The number of carboxylic acids is 1. The Balaban J connectivity index is 1.97. The van der Waals surface area contributed by atoms with E-state index in [0.717, 1.165) is 6.20 Å². The quantitative estimate of drug-likeness (QED) is 0.904. The Hall–Kier alpha value is -2.32. The van der Waals surface area contributed by atoms with Gasteiger partial charge in [0, 0.05) is 25.4 Å². The minimum absolute atomic E-state index is 0.178. The summed E-state index contributed by atoms with van der Waals surface area (Å²) < 4.78 is 40.7. The Morgan fingerprint density at radius 1 is 1.42 bits per heavy atom. The van der Waals surface area contributed by atoms with E-state index in [9.17, 15) is 22.8 Å². The summed E-state index contributed by atoms with van der Waals surface area (Å²) in [5, 5.41) is 9.08. The van der Waals surface area contributed by atoms with Gasteiger partial charge in [-0.05, 0) is 18.4 Å². The number of aromatic nitrogens is 1. The Kier molecular flexibility index (Phi) is 5.30. The molecule has 0 radical (unpaired) electrons. The molecule has 0 saturated carbocycles. The maximum absolute atomic E-state index is 12.4. The van der Waals surface area contributed by atoms with E-state index in [1.54, 1.807) is 6.92 Å². The van der Waals surface area contributed by atoms with Crippen LogP contribution >= 0.6 is 0 Å². The number of carboxylic acid groups (broad SMARTS) is 1. The number of hydrogen-bond donors (Lipinski definition) is 1. The number of hydrogen-bond acceptors (Lipinski definition) is 4. The van der Waals surface area contributed by atoms with Crippen LogP contribution in [0.2, 0.25) is 0 Å². The normalized spacial score (nSPS) is 21.4. The van der Waals surface area contributed by atoms with Gasteiger partial charge in [0.2, 0.25) is 5.88 Å². The Morgan fingerprint density at radius 3 is 2.62 bits per heavy atom. The van der Waals surface area contributed by atoms with Crippen molar-refractivity contribution in [3.63, 3.8) is 0 Å². The van der Waals surface area contributed by atoms with Gasteiger partial charge in [0.1, 0.15) is 0 Å². The first-order valence-electron chi connectivity index (χ1n) is 7.35. The van der Waals surface area contributed by atoms with E-state index >= 15 is 0 Å². The predicted molar refractivity (Wildman–Crippen MR) is 76.6 cm³/mol. The van der Waals surface area contributed by atoms with Crippen LogP contribution in [0, 0.1) is 11.8 Å². The van der Waals surface area contributed by atoms with E-state index in [4.69, 9.17) is 5.11 Å². The van der Waals surface area contributed by atoms with Crippen LogP contribution in [0.5, 0.6) is 5.88 Å². The van der Waals surface area contributed by atoms with E-state index in [1.165, 1.54) is 17.0 Å². The average Bonchev–Trinajstić information content (AvgIpc) is 2.51. The molecule has 1 N–H and O–H groups in total. The van der Waals surface area contributed by atoms with Crippen LogP contribution in [0.1, 0.15) is 23.7 Å². The van der Waals surface area contributed by atoms with Gasteiger partial charge >= 0.3 is 12.1 Å². The van der Waals surface area contributed by atoms with Gasteiger partial charge in [0.15, 0.2) is 6.61 Å². The number of rotatable bonds is 4. The average molecular weight is 346 g/mol. The molecule has 2 rings (SSSR count). The lowest BCUT2D eigenvalue weighted by molar-refractivity contribution is -0.154. The molecule has 1 saturated heterocycles. The van der Waals surface area contributed by atoms with Crippen molar-refractivity contribution in [3.8, 4) is 5.88 Å². The molecule has 2 atom stereocenters. The van der Waals surface area contributed by atoms with Crippen LogP contribution in [-0.4, -0.2) is 52.7 Å². The molecule has 1 fully saturated rings. The second-order valence-corrected chi connectivity index (χ2v) is 5.75. The minimum Gasteiger partial charge on any atom is -0.481 e. The summed E-state index contributed by atoms with van der Waals surface area (Å²) in [6.45, 7) is 0.937. The molecule has 1 aliphatic heterocycles. The first-order chi connectivity index (χ1) is 11.2. The second kappa shape index (κ2) is 7.06. The molecule has 1 aromatic rings. The molecule has 1 aromatic heterocycles. The molecule has 9 heteroatoms. The number of pyridine rings is 1. The number of halogens is 3. The number of amides is 1. The van der Waals surface area contributed by atoms with Gasteiger partial charge in [-0.1, -0.05) is 6.92 Å². The summed E-state index contributed by atoms with van der Waals surface area (Å²) in [6, 6.07) is 2.54. The number of likely N-dealkylation sites (tertiary alicyclic amines) is 1. The van der Waals surface area contributed by atoms with E-state index in [-0.39, 0.29) is 23.3 Å². The monoisotopic (exact) mass is 346 g/mol. The number of piperidine rings is 1. The van der Waals surface area contributed by atoms with Crippen LogP contribution in [0.15, 0.2) is 18.3 Å². The highest BCUT2D eigenvalue weighted by Crippen LogP contribution is 2.25. The molecule has 0 aromatic carbocycles. The van der Waals surface area contributed by atoms with Gasteiger partial charge < -0.3 is 14.7 Å². The summed E-state index contributed by atoms with van der Waals surface area (Å²) in [5.74, 6) is -2.09. The number of nitrogens with zero attached hydrogens (tertiary/aromatic N) is 2. The van der Waals surface area contributed by atoms with Gasteiger partial charge in [0.25, 0.3) is 5.91 Å². The van der Waals surface area contributed by atoms with E-state index in [1.807, 2.05) is 0 Å². The lowest BCUT2D eigenvalue weighted by Crippen LogP contribution is -2.45. The van der Waals surface area contributed by atoms with Crippen molar-refractivity contribution in [2.75, 3.05) is 19.7 Å². The van der Waals surface area contributed by atoms with Crippen LogP contribution in [-0.2, 0) is 4.79 Å². The number of ether oxygens (including phenoxy) is 1. The first kappa shape index (κ1) is 18.0. The zero-order valence-electron chi connectivity index (χ0n) is 12.9. The molecule has 24 heavy (non-hydrogen) atoms. The van der Waals surface area contributed by atoms with Crippen LogP contribution in [0.3, 0.4) is 0 Å². The van der Waals surface area contributed by atoms with Crippen molar-refractivity contribution in [3.05, 3.63) is 23.9 Å². The standard InChI is InChI=1S/C15H17F3N2O4/c1-9-7-20(5-4-11(9)14(22)23)13(21)10-2-3-12(19-6-10)24-8-15(16,17)18/h2-3,6,9,11H,4-5,7-8H2,1H3,(H,22,23). The number of alkyl halides is 3. The highest BCUT2D eigenvalue weighted by molar-refractivity contribution is 5.94. The molecular weight excluding hydrogens is 329 g/mol. The zero-order valence-corrected chi connectivity index (χ0v) is 12.9. The Labute approximate surface area is 136 Å². The Bertz CT molecular complexity index is 604. The molecule has 2 heterocycles. The lowest BCUT2D eigenvalue weighted by Gasteiger charge is -2.34. The number of carbonyl (C=O) groups is 2. The van der Waals surface area contributed by atoms with Gasteiger partial charge in [-0.2, -0.15) is 13.2 Å². The summed E-state index contributed by atoms with van der Waals surface area (Å²) in [6.07, 6.45) is -2.94. The number of carbonyl (C=O) groups excluding carboxylic acids is 1. The summed E-state index contributed by atoms with van der Waals surface area (Å²) in [7, 11) is 0. The molecule has 0 spiro atoms. The third-order valence-corrected chi connectivity index (χ3v) is 3.88. The fraction of sp³-hybridized carbons (Fsp3) is 0.533. The zero-order chi connectivity index (χ0) is 17.9. The van der Waals surface area contributed by atoms with Crippen molar-refractivity contribution in [1.29, 1.82) is 0 Å². The fourth-order valence-corrected chi connectivity index (χ4v) is 2.63. The summed E-state index contributed by atoms with van der Waals surface area (Å²) >= 11 is 0. The number of aliphatic carboxylic acids is 1. The predicted octanol–water partition coefficient (Wildman–Crippen LogP) is 2.21. The maximum atomic E-state index is 12.4. The molecule has 2 unspecified atom stereocenters. The highest BCUT2D eigenvalue weighted by Gasteiger charge is 2.33. The lowest BCUT2D eigenvalue weighted by atomic mass is 9.87. The fourth-order valence-electron chi connectivity index (χ4n) is 2.63. The van der Waals surface area contributed by atoms with Crippen molar-refractivity contribution in [1.82, 2.24) is 9.88 Å². The topological polar surface area (TPSA) is 79.7 Å². The van der Waals surface area contributed by atoms with Crippen molar-refractivity contribution < 1.29 is 32.6 Å². The molecular formula is C15H17F3N2O4. The van der Waals surface area contributed by atoms with Gasteiger partial charge in [-0.25, -0.2) is 4.98 Å². The largest absolute Gasteiger partial charge is 0.481 e. The smallest absolute Gasteiger partial charge is 0.422 e. The van der Waals surface area contributed by atoms with Gasteiger partial charge in [-0.3, -0.25) is 9.59 Å². The van der Waals surface area contributed by atoms with Crippen LogP contribution in [0.25, 0.3) is 0 Å². The summed E-state index contributed by atoms with van der Waals surface area (Å²) in [4.78, 5) is 28.7. The van der Waals surface area contributed by atoms with Crippen molar-refractivity contribution in [2.24, 2.45) is 11.8 Å². The van der Waals surface area contributed by atoms with Crippen LogP contribution < -0.4 is 4.74 Å². The molecule has 1 amide bonds. The molecule has 132 valence electrons. The van der Waals surface area contributed by atoms with E-state index in [2.05, 4.69) is 9.72 Å². The first-order valence-corrected chi connectivity index (χ1v) is 7.35. The molecule has 1 aliphatic rings. The van der Waals surface area contributed by atoms with Gasteiger partial charge in [-0.15, -0.1) is 0 Å². The molecule has 6 nitrogen and oxygen atoms in total. The van der Waals surface area contributed by atoms with Gasteiger partial charge in [0.05, 0.1) is 11.5 Å². The van der Waals surface area contributed by atoms with E-state index < -0.39 is 24.7 Å². The maximum Gasteiger partial charge on any atom is 0.422 e. The summed E-state index contributed by atoms with van der Waals surface area (Å²) in [5.41, 5.74) is 0.218. The Morgan fingerprint density at radius 2 is 2.12 bits per heavy atom. The third kappa shape index (κ3) is 4.59. The third-order valence-electron chi connectivity index (χ3n) is 3.88. The molecule has 0 bridgehead atoms.